The van der Waals surface area contributed by atoms with E-state index in [-0.39, 0.29) is 18.4 Å². The molecule has 0 aliphatic carbocycles. The highest BCUT2D eigenvalue weighted by molar-refractivity contribution is 6.10. The summed E-state index contributed by atoms with van der Waals surface area (Å²) in [5.74, 6) is -0.0759. The van der Waals surface area contributed by atoms with E-state index in [1.807, 2.05) is 49.4 Å². The first-order valence-corrected chi connectivity index (χ1v) is 7.78. The smallest absolute Gasteiger partial charge is 0.246 e. The number of hydrogen-bond acceptors (Lipinski definition) is 2. The molecule has 1 aliphatic heterocycles. The zero-order chi connectivity index (χ0) is 16.4. The van der Waals surface area contributed by atoms with Gasteiger partial charge in [-0.2, -0.15) is 0 Å². The number of amides is 2. The molecule has 0 atom stereocenters. The Labute approximate surface area is 136 Å². The van der Waals surface area contributed by atoms with Gasteiger partial charge >= 0.3 is 0 Å². The van der Waals surface area contributed by atoms with Crippen molar-refractivity contribution in [3.05, 3.63) is 59.7 Å². The van der Waals surface area contributed by atoms with E-state index >= 15 is 0 Å². The van der Waals surface area contributed by atoms with Crippen LogP contribution >= 0.6 is 0 Å². The fraction of sp³-hybridized carbons (Fsp3) is 0.263. The van der Waals surface area contributed by atoms with Gasteiger partial charge in [-0.3, -0.25) is 9.59 Å². The molecule has 0 saturated heterocycles. The number of carbonyl (C=O) groups excluding carboxylic acids is 2. The molecule has 2 aromatic rings. The largest absolute Gasteiger partial charge is 0.312 e. The van der Waals surface area contributed by atoms with Gasteiger partial charge in [0.1, 0.15) is 6.54 Å². The second-order valence-electron chi connectivity index (χ2n) is 5.91. The highest BCUT2D eigenvalue weighted by Crippen LogP contribution is 2.32. The van der Waals surface area contributed by atoms with Crippen molar-refractivity contribution in [3.8, 4) is 0 Å². The lowest BCUT2D eigenvalue weighted by Crippen LogP contribution is -2.46. The minimum absolute atomic E-state index is 0.0135. The molecule has 0 radical (unpaired) electrons. The van der Waals surface area contributed by atoms with E-state index in [0.29, 0.717) is 12.8 Å². The third-order valence-electron chi connectivity index (χ3n) is 4.21. The second kappa shape index (κ2) is 6.24. The van der Waals surface area contributed by atoms with Crippen molar-refractivity contribution in [1.82, 2.24) is 0 Å². The Balaban J connectivity index is 1.77. The van der Waals surface area contributed by atoms with Crippen molar-refractivity contribution in [1.29, 1.82) is 0 Å². The first kappa shape index (κ1) is 15.3. The summed E-state index contributed by atoms with van der Waals surface area (Å²) < 4.78 is 0. The highest BCUT2D eigenvalue weighted by atomic mass is 16.2. The first-order valence-electron chi connectivity index (χ1n) is 7.78. The number of likely N-dealkylation sites (N-methyl/N-ethyl adjacent to an activating group) is 1. The minimum Gasteiger partial charge on any atom is -0.312 e. The summed E-state index contributed by atoms with van der Waals surface area (Å²) in [5, 5.41) is 0. The molecule has 4 nitrogen and oxygen atoms in total. The van der Waals surface area contributed by atoms with Crippen molar-refractivity contribution < 1.29 is 9.59 Å². The summed E-state index contributed by atoms with van der Waals surface area (Å²) in [6.45, 7) is 2.15. The molecule has 2 amide bonds. The standard InChI is InChI=1S/C19H20N2O2/c1-14-6-5-7-15(12-14)10-11-18(22)21-13-19(23)20(2)16-8-3-4-9-17(16)21/h3-9,12H,10-11,13H2,1-2H3. The summed E-state index contributed by atoms with van der Waals surface area (Å²) in [4.78, 5) is 28.0. The van der Waals surface area contributed by atoms with Gasteiger partial charge in [0.05, 0.1) is 11.4 Å². The maximum Gasteiger partial charge on any atom is 0.246 e. The molecule has 0 unspecified atom stereocenters. The highest BCUT2D eigenvalue weighted by Gasteiger charge is 2.29. The summed E-state index contributed by atoms with van der Waals surface area (Å²) in [7, 11) is 1.75. The zero-order valence-corrected chi connectivity index (χ0v) is 13.5. The number of rotatable bonds is 3. The van der Waals surface area contributed by atoms with Crippen molar-refractivity contribution >= 4 is 23.2 Å². The minimum atomic E-state index is -0.0624. The van der Waals surface area contributed by atoms with E-state index in [0.717, 1.165) is 16.9 Å². The van der Waals surface area contributed by atoms with Gasteiger partial charge in [-0.05, 0) is 31.0 Å². The molecule has 0 fully saturated rings. The average molecular weight is 308 g/mol. The molecular formula is C19H20N2O2. The zero-order valence-electron chi connectivity index (χ0n) is 13.5. The lowest BCUT2D eigenvalue weighted by molar-refractivity contribution is -0.122. The van der Waals surface area contributed by atoms with Gasteiger partial charge in [-0.25, -0.2) is 0 Å². The van der Waals surface area contributed by atoms with E-state index in [4.69, 9.17) is 0 Å². The maximum atomic E-state index is 12.6. The molecule has 4 heteroatoms. The van der Waals surface area contributed by atoms with Gasteiger partial charge < -0.3 is 9.80 Å². The quantitative estimate of drug-likeness (QED) is 0.874. The Hall–Kier alpha value is -2.62. The molecule has 0 saturated carbocycles. The van der Waals surface area contributed by atoms with Crippen LogP contribution in [0, 0.1) is 6.92 Å². The average Bonchev–Trinajstić information content (AvgIpc) is 2.56. The van der Waals surface area contributed by atoms with Crippen LogP contribution in [0.15, 0.2) is 48.5 Å². The number of aryl methyl sites for hydroxylation is 2. The van der Waals surface area contributed by atoms with E-state index in [1.165, 1.54) is 5.56 Å². The van der Waals surface area contributed by atoms with E-state index in [1.54, 1.807) is 16.8 Å². The van der Waals surface area contributed by atoms with Crippen LogP contribution in [-0.4, -0.2) is 25.4 Å². The van der Waals surface area contributed by atoms with Crippen molar-refractivity contribution in [2.24, 2.45) is 0 Å². The molecule has 118 valence electrons. The Morgan fingerprint density at radius 3 is 2.57 bits per heavy atom. The third kappa shape index (κ3) is 3.11. The van der Waals surface area contributed by atoms with Gasteiger partial charge in [0.2, 0.25) is 11.8 Å². The Morgan fingerprint density at radius 1 is 1.09 bits per heavy atom. The molecule has 0 N–H and O–H groups in total. The molecular weight excluding hydrogens is 288 g/mol. The first-order chi connectivity index (χ1) is 11.1. The summed E-state index contributed by atoms with van der Waals surface area (Å²) in [6, 6.07) is 15.7. The number of anilines is 2. The maximum absolute atomic E-state index is 12.6. The number of para-hydroxylation sites is 2. The Morgan fingerprint density at radius 2 is 1.83 bits per heavy atom. The van der Waals surface area contributed by atoms with E-state index in [9.17, 15) is 9.59 Å². The lowest BCUT2D eigenvalue weighted by Gasteiger charge is -2.34. The SMILES string of the molecule is Cc1cccc(CCC(=O)N2CC(=O)N(C)c3ccccc32)c1. The molecule has 0 aromatic heterocycles. The van der Waals surface area contributed by atoms with Gasteiger partial charge in [-0.15, -0.1) is 0 Å². The summed E-state index contributed by atoms with van der Waals surface area (Å²) in [5.41, 5.74) is 3.93. The third-order valence-corrected chi connectivity index (χ3v) is 4.21. The van der Waals surface area contributed by atoms with Crippen molar-refractivity contribution in [2.75, 3.05) is 23.4 Å². The van der Waals surface area contributed by atoms with Gasteiger partial charge in [0.25, 0.3) is 0 Å². The molecule has 1 aliphatic rings. The predicted octanol–water partition coefficient (Wildman–Crippen LogP) is 2.94. The number of benzene rings is 2. The van der Waals surface area contributed by atoms with Crippen LogP contribution < -0.4 is 9.80 Å². The summed E-state index contributed by atoms with van der Waals surface area (Å²) >= 11 is 0. The van der Waals surface area contributed by atoms with E-state index in [2.05, 4.69) is 6.07 Å². The number of nitrogens with zero attached hydrogens (tertiary/aromatic N) is 2. The molecule has 0 spiro atoms. The molecule has 2 aromatic carbocycles. The normalized spacial score (nSPS) is 13.9. The van der Waals surface area contributed by atoms with Crippen molar-refractivity contribution in [2.45, 2.75) is 19.8 Å². The molecule has 0 bridgehead atoms. The predicted molar refractivity (Wildman–Crippen MR) is 91.7 cm³/mol. The van der Waals surface area contributed by atoms with Crippen LogP contribution in [0.4, 0.5) is 11.4 Å². The van der Waals surface area contributed by atoms with Crippen LogP contribution in [0.2, 0.25) is 0 Å². The molecule has 23 heavy (non-hydrogen) atoms. The topological polar surface area (TPSA) is 40.6 Å². The van der Waals surface area contributed by atoms with E-state index < -0.39 is 0 Å². The van der Waals surface area contributed by atoms with Gasteiger partial charge in [0, 0.05) is 13.5 Å². The number of fused-ring (bicyclic) bond motifs is 1. The van der Waals surface area contributed by atoms with Gasteiger partial charge in [0.15, 0.2) is 0 Å². The van der Waals surface area contributed by atoms with Gasteiger partial charge in [-0.1, -0.05) is 42.0 Å². The van der Waals surface area contributed by atoms with Crippen LogP contribution in [0.3, 0.4) is 0 Å². The van der Waals surface area contributed by atoms with Crippen LogP contribution in [0.5, 0.6) is 0 Å². The van der Waals surface area contributed by atoms with Crippen LogP contribution in [0.25, 0.3) is 0 Å². The fourth-order valence-electron chi connectivity index (χ4n) is 2.91. The molecule has 1 heterocycles. The van der Waals surface area contributed by atoms with Crippen molar-refractivity contribution in [3.63, 3.8) is 0 Å². The molecule has 3 rings (SSSR count). The second-order valence-corrected chi connectivity index (χ2v) is 5.91. The Bertz CT molecular complexity index is 755. The van der Waals surface area contributed by atoms with Crippen LogP contribution in [-0.2, 0) is 16.0 Å². The number of carbonyl (C=O) groups is 2. The summed E-state index contributed by atoms with van der Waals surface area (Å²) in [6.07, 6.45) is 1.08. The number of hydrogen-bond donors (Lipinski definition) is 0. The van der Waals surface area contributed by atoms with Crippen LogP contribution in [0.1, 0.15) is 17.5 Å². The Kier molecular flexibility index (Phi) is 4.15. The lowest BCUT2D eigenvalue weighted by atomic mass is 10.1. The monoisotopic (exact) mass is 308 g/mol. The fourth-order valence-corrected chi connectivity index (χ4v) is 2.91.